The minimum Gasteiger partial charge on any atom is -0.508 e. The minimum atomic E-state index is -0.329. The molecule has 1 N–H and O–H groups in total. The van der Waals surface area contributed by atoms with Gasteiger partial charge in [-0.25, -0.2) is 0 Å². The van der Waals surface area contributed by atoms with Crippen LogP contribution in [0.4, 0.5) is 0 Å². The van der Waals surface area contributed by atoms with E-state index in [1.807, 2.05) is 30.3 Å². The lowest BCUT2D eigenvalue weighted by Crippen LogP contribution is -2.22. The van der Waals surface area contributed by atoms with Gasteiger partial charge in [-0.15, -0.1) is 5.73 Å². The van der Waals surface area contributed by atoms with Gasteiger partial charge in [-0.05, 0) is 53.0 Å². The second kappa shape index (κ2) is 8.06. The Morgan fingerprint density at radius 3 is 2.10 bits per heavy atom. The van der Waals surface area contributed by atoms with E-state index in [4.69, 9.17) is 0 Å². The quantitative estimate of drug-likeness (QED) is 0.466. The summed E-state index contributed by atoms with van der Waals surface area (Å²) in [6.07, 6.45) is 6.24. The van der Waals surface area contributed by atoms with Gasteiger partial charge in [0.15, 0.2) is 0 Å². The van der Waals surface area contributed by atoms with E-state index in [1.165, 1.54) is 11.1 Å². The van der Waals surface area contributed by atoms with Crippen molar-refractivity contribution < 1.29 is 5.11 Å². The number of phenolic OH excluding ortho intramolecular Hbond substituents is 1. The fourth-order valence-corrected chi connectivity index (χ4v) is 4.25. The third kappa shape index (κ3) is 3.68. The molecular formula is C29H26O. The van der Waals surface area contributed by atoms with Gasteiger partial charge < -0.3 is 5.11 Å². The summed E-state index contributed by atoms with van der Waals surface area (Å²) in [6, 6.07) is 26.6. The van der Waals surface area contributed by atoms with Crippen molar-refractivity contribution in [1.82, 2.24) is 0 Å². The first-order valence-corrected chi connectivity index (χ1v) is 10.3. The fraction of sp³-hybridized carbons (Fsp3) is 0.138. The van der Waals surface area contributed by atoms with Crippen molar-refractivity contribution in [1.29, 1.82) is 0 Å². The monoisotopic (exact) mass is 390 g/mol. The average Bonchev–Trinajstić information content (AvgIpc) is 3.00. The predicted molar refractivity (Wildman–Crippen MR) is 126 cm³/mol. The highest BCUT2D eigenvalue weighted by atomic mass is 16.3. The Bertz CT molecular complexity index is 1190. The van der Waals surface area contributed by atoms with Crippen LogP contribution >= 0.6 is 0 Å². The van der Waals surface area contributed by atoms with E-state index in [-0.39, 0.29) is 5.41 Å². The van der Waals surface area contributed by atoms with Gasteiger partial charge in [0.2, 0.25) is 0 Å². The maximum absolute atomic E-state index is 10.2. The predicted octanol–water partition coefficient (Wildman–Crippen LogP) is 7.24. The second-order valence-electron chi connectivity index (χ2n) is 8.19. The summed E-state index contributed by atoms with van der Waals surface area (Å²) in [5, 5.41) is 10.2. The van der Waals surface area contributed by atoms with Crippen LogP contribution in [0.25, 0.3) is 11.1 Å². The van der Waals surface area contributed by atoms with Crippen LogP contribution in [-0.2, 0) is 5.41 Å². The molecule has 0 unspecified atom stereocenters. The van der Waals surface area contributed by atoms with Gasteiger partial charge in [0.05, 0.1) is 0 Å². The number of hydrogen-bond acceptors (Lipinski definition) is 1. The van der Waals surface area contributed by atoms with Gasteiger partial charge in [0.25, 0.3) is 0 Å². The van der Waals surface area contributed by atoms with Crippen molar-refractivity contribution in [2.24, 2.45) is 0 Å². The highest BCUT2D eigenvalue weighted by Crippen LogP contribution is 2.44. The molecule has 0 radical (unpaired) electrons. The summed E-state index contributed by atoms with van der Waals surface area (Å²) >= 11 is 0. The molecule has 0 atom stereocenters. The van der Waals surface area contributed by atoms with Gasteiger partial charge >= 0.3 is 0 Å². The van der Waals surface area contributed by atoms with Crippen molar-refractivity contribution in [3.63, 3.8) is 0 Å². The van der Waals surface area contributed by atoms with E-state index in [1.54, 1.807) is 6.07 Å². The molecule has 0 amide bonds. The molecule has 0 heterocycles. The van der Waals surface area contributed by atoms with Crippen molar-refractivity contribution >= 4 is 11.1 Å². The highest BCUT2D eigenvalue weighted by Gasteiger charge is 2.31. The Kier molecular flexibility index (Phi) is 5.31. The SMILES string of the molecule is Cc1ccc(O)cc1C(C)(C)C1=C(c2ccccc2)C(c2ccccc2)=C=CC=C1. The molecule has 0 bridgehead atoms. The van der Waals surface area contributed by atoms with Gasteiger partial charge in [0.1, 0.15) is 5.75 Å². The number of benzene rings is 3. The van der Waals surface area contributed by atoms with E-state index in [0.717, 1.165) is 27.8 Å². The number of allylic oxidation sites excluding steroid dienone is 5. The van der Waals surface area contributed by atoms with Gasteiger partial charge in [-0.2, -0.15) is 0 Å². The molecule has 30 heavy (non-hydrogen) atoms. The molecule has 1 aliphatic carbocycles. The normalized spacial score (nSPS) is 13.9. The number of hydrogen-bond donors (Lipinski definition) is 1. The zero-order valence-corrected chi connectivity index (χ0v) is 17.7. The molecule has 0 spiro atoms. The zero-order valence-electron chi connectivity index (χ0n) is 17.7. The van der Waals surface area contributed by atoms with Crippen LogP contribution in [0.5, 0.6) is 5.75 Å². The maximum Gasteiger partial charge on any atom is 0.115 e. The molecule has 3 aromatic rings. The lowest BCUT2D eigenvalue weighted by molar-refractivity contribution is 0.472. The van der Waals surface area contributed by atoms with E-state index < -0.39 is 0 Å². The summed E-state index contributed by atoms with van der Waals surface area (Å²) in [7, 11) is 0. The number of aromatic hydroxyl groups is 1. The molecule has 1 heteroatoms. The summed E-state index contributed by atoms with van der Waals surface area (Å²) in [5.74, 6) is 0.292. The molecule has 0 aromatic heterocycles. The summed E-state index contributed by atoms with van der Waals surface area (Å²) in [4.78, 5) is 0. The van der Waals surface area contributed by atoms with Crippen molar-refractivity contribution in [3.05, 3.63) is 131 Å². The van der Waals surface area contributed by atoms with Crippen LogP contribution in [-0.4, -0.2) is 5.11 Å². The third-order valence-electron chi connectivity index (χ3n) is 5.80. The van der Waals surface area contributed by atoms with E-state index in [2.05, 4.69) is 87.2 Å². The first kappa shape index (κ1) is 19.8. The van der Waals surface area contributed by atoms with Gasteiger partial charge in [0, 0.05) is 16.6 Å². The summed E-state index contributed by atoms with van der Waals surface area (Å²) < 4.78 is 0. The first-order chi connectivity index (χ1) is 14.5. The fourth-order valence-electron chi connectivity index (χ4n) is 4.25. The topological polar surface area (TPSA) is 20.2 Å². The van der Waals surface area contributed by atoms with E-state index in [0.29, 0.717) is 5.75 Å². The van der Waals surface area contributed by atoms with Crippen LogP contribution in [0.15, 0.2) is 108 Å². The highest BCUT2D eigenvalue weighted by molar-refractivity contribution is 6.07. The zero-order chi connectivity index (χ0) is 21.1. The van der Waals surface area contributed by atoms with Crippen LogP contribution in [0.3, 0.4) is 0 Å². The van der Waals surface area contributed by atoms with Crippen LogP contribution in [0.2, 0.25) is 0 Å². The molecule has 1 nitrogen and oxygen atoms in total. The Balaban J connectivity index is 2.04. The second-order valence-corrected chi connectivity index (χ2v) is 8.19. The molecule has 4 rings (SSSR count). The molecule has 3 aromatic carbocycles. The number of aryl methyl sites for hydroxylation is 1. The molecule has 0 saturated carbocycles. The maximum atomic E-state index is 10.2. The largest absolute Gasteiger partial charge is 0.508 e. The number of phenols is 1. The molecule has 0 saturated heterocycles. The Hall–Kier alpha value is -3.54. The molecule has 1 aliphatic rings. The van der Waals surface area contributed by atoms with Crippen molar-refractivity contribution in [2.45, 2.75) is 26.2 Å². The molecular weight excluding hydrogens is 364 g/mol. The third-order valence-corrected chi connectivity index (χ3v) is 5.80. The Morgan fingerprint density at radius 1 is 0.800 bits per heavy atom. The van der Waals surface area contributed by atoms with Crippen molar-refractivity contribution in [2.75, 3.05) is 0 Å². The summed E-state index contributed by atoms with van der Waals surface area (Å²) in [6.45, 7) is 6.56. The average molecular weight is 391 g/mol. The lowest BCUT2D eigenvalue weighted by Gasteiger charge is -2.32. The van der Waals surface area contributed by atoms with E-state index in [9.17, 15) is 5.11 Å². The van der Waals surface area contributed by atoms with Gasteiger partial charge in [-0.1, -0.05) is 92.7 Å². The minimum absolute atomic E-state index is 0.292. The van der Waals surface area contributed by atoms with E-state index >= 15 is 0 Å². The molecule has 0 aliphatic heterocycles. The Morgan fingerprint density at radius 2 is 1.43 bits per heavy atom. The smallest absolute Gasteiger partial charge is 0.115 e. The van der Waals surface area contributed by atoms with Crippen LogP contribution in [0, 0.1) is 6.92 Å². The molecule has 0 fully saturated rings. The first-order valence-electron chi connectivity index (χ1n) is 10.3. The molecule has 148 valence electrons. The van der Waals surface area contributed by atoms with Crippen LogP contribution in [0.1, 0.15) is 36.1 Å². The Labute approximate surface area is 179 Å². The lowest BCUT2D eigenvalue weighted by atomic mass is 9.71. The number of rotatable bonds is 4. The van der Waals surface area contributed by atoms with Gasteiger partial charge in [-0.3, -0.25) is 0 Å². The van der Waals surface area contributed by atoms with Crippen molar-refractivity contribution in [3.8, 4) is 5.75 Å². The summed E-state index contributed by atoms with van der Waals surface area (Å²) in [5.41, 5.74) is 11.2. The standard InChI is InChI=1S/C29H26O/c1-21-18-19-24(30)20-27(21)29(2,3)26-17-11-10-16-25(22-12-6-4-7-13-22)28(26)23-14-8-5-9-15-23/h4-15,17-20,30H,1-3H3. The van der Waals surface area contributed by atoms with Crippen LogP contribution < -0.4 is 0 Å².